The van der Waals surface area contributed by atoms with Crippen LogP contribution in [0.25, 0.3) is 10.4 Å². The van der Waals surface area contributed by atoms with Gasteiger partial charge in [0.2, 0.25) is 0 Å². The molecule has 0 aromatic carbocycles. The van der Waals surface area contributed by atoms with Crippen LogP contribution in [0.4, 0.5) is 0 Å². The fraction of sp³-hybridized carbons (Fsp3) is 0.571. The van der Waals surface area contributed by atoms with Crippen molar-refractivity contribution < 1.29 is 4.52 Å². The molecule has 0 atom stereocenters. The Morgan fingerprint density at radius 3 is 3.00 bits per heavy atom. The van der Waals surface area contributed by atoms with Gasteiger partial charge < -0.3 is 4.52 Å². The van der Waals surface area contributed by atoms with Crippen LogP contribution in [0.2, 0.25) is 0 Å². The standard InChI is InChI=1S/C7H10N4O/c1-5(2)7-3-6(10-12-7)4-9-11-8/h3,5H,4H2,1-2H3. The number of nitrogens with zero attached hydrogens (tertiary/aromatic N) is 4. The van der Waals surface area contributed by atoms with Gasteiger partial charge in [-0.25, -0.2) is 0 Å². The van der Waals surface area contributed by atoms with Crippen LogP contribution in [0.5, 0.6) is 0 Å². The van der Waals surface area contributed by atoms with Crippen molar-refractivity contribution in [1.29, 1.82) is 0 Å². The first-order valence-corrected chi connectivity index (χ1v) is 3.70. The Morgan fingerprint density at radius 2 is 2.50 bits per heavy atom. The zero-order valence-electron chi connectivity index (χ0n) is 7.06. The van der Waals surface area contributed by atoms with Crippen molar-refractivity contribution in [3.8, 4) is 0 Å². The summed E-state index contributed by atoms with van der Waals surface area (Å²) in [5.74, 6) is 1.13. The number of hydrogen-bond acceptors (Lipinski definition) is 3. The molecule has 0 aliphatic carbocycles. The summed E-state index contributed by atoms with van der Waals surface area (Å²) in [5.41, 5.74) is 8.72. The van der Waals surface area contributed by atoms with Crippen molar-refractivity contribution in [2.45, 2.75) is 26.3 Å². The van der Waals surface area contributed by atoms with Gasteiger partial charge in [0, 0.05) is 16.9 Å². The van der Waals surface area contributed by atoms with Gasteiger partial charge >= 0.3 is 0 Å². The fourth-order valence-electron chi connectivity index (χ4n) is 0.779. The van der Waals surface area contributed by atoms with E-state index in [1.54, 1.807) is 6.07 Å². The van der Waals surface area contributed by atoms with Crippen LogP contribution in [-0.4, -0.2) is 5.16 Å². The molecule has 0 aliphatic rings. The second-order valence-electron chi connectivity index (χ2n) is 2.76. The highest BCUT2D eigenvalue weighted by atomic mass is 16.5. The highest BCUT2D eigenvalue weighted by Gasteiger charge is 2.06. The summed E-state index contributed by atoms with van der Waals surface area (Å²) in [6.45, 7) is 4.28. The first kappa shape index (κ1) is 8.62. The molecule has 0 N–H and O–H groups in total. The second-order valence-corrected chi connectivity index (χ2v) is 2.76. The molecule has 0 bridgehead atoms. The van der Waals surface area contributed by atoms with E-state index in [4.69, 9.17) is 10.1 Å². The van der Waals surface area contributed by atoms with E-state index in [1.165, 1.54) is 0 Å². The predicted octanol–water partition coefficient (Wildman–Crippen LogP) is 2.61. The van der Waals surface area contributed by atoms with Crippen LogP contribution in [0.3, 0.4) is 0 Å². The van der Waals surface area contributed by atoms with Gasteiger partial charge in [-0.2, -0.15) is 0 Å². The Balaban J connectivity index is 2.70. The first-order valence-electron chi connectivity index (χ1n) is 3.70. The van der Waals surface area contributed by atoms with Crippen LogP contribution < -0.4 is 0 Å². The topological polar surface area (TPSA) is 74.8 Å². The molecule has 0 fully saturated rings. The van der Waals surface area contributed by atoms with E-state index in [9.17, 15) is 0 Å². The molecule has 1 aromatic heterocycles. The van der Waals surface area contributed by atoms with E-state index in [0.717, 1.165) is 5.76 Å². The lowest BCUT2D eigenvalue weighted by Gasteiger charge is -1.93. The summed E-state index contributed by atoms with van der Waals surface area (Å²) in [6.07, 6.45) is 0. The van der Waals surface area contributed by atoms with Gasteiger partial charge in [-0.3, -0.25) is 0 Å². The molecule has 5 nitrogen and oxygen atoms in total. The van der Waals surface area contributed by atoms with Crippen molar-refractivity contribution in [1.82, 2.24) is 5.16 Å². The molecule has 0 saturated heterocycles. The molecule has 12 heavy (non-hydrogen) atoms. The van der Waals surface area contributed by atoms with E-state index in [2.05, 4.69) is 15.2 Å². The summed E-state index contributed by atoms with van der Waals surface area (Å²) in [7, 11) is 0. The number of azide groups is 1. The fourth-order valence-corrected chi connectivity index (χ4v) is 0.779. The van der Waals surface area contributed by atoms with Gasteiger partial charge in [-0.05, 0) is 5.53 Å². The normalized spacial score (nSPS) is 9.92. The van der Waals surface area contributed by atoms with E-state index in [0.29, 0.717) is 11.6 Å². The monoisotopic (exact) mass is 166 g/mol. The zero-order chi connectivity index (χ0) is 8.97. The van der Waals surface area contributed by atoms with E-state index in [1.807, 2.05) is 13.8 Å². The molecule has 64 valence electrons. The van der Waals surface area contributed by atoms with Crippen LogP contribution in [0.15, 0.2) is 15.7 Å². The molecule has 0 saturated carbocycles. The lowest BCUT2D eigenvalue weighted by atomic mass is 10.1. The van der Waals surface area contributed by atoms with Gasteiger partial charge in [0.25, 0.3) is 0 Å². The summed E-state index contributed by atoms with van der Waals surface area (Å²) in [6, 6.07) is 1.80. The molecule has 1 aromatic rings. The maximum atomic E-state index is 8.04. The van der Waals surface area contributed by atoms with Crippen molar-refractivity contribution in [3.05, 3.63) is 28.0 Å². The lowest BCUT2D eigenvalue weighted by Crippen LogP contribution is -1.81. The van der Waals surface area contributed by atoms with Crippen molar-refractivity contribution in [2.24, 2.45) is 5.11 Å². The van der Waals surface area contributed by atoms with E-state index in [-0.39, 0.29) is 6.54 Å². The van der Waals surface area contributed by atoms with Gasteiger partial charge in [0.05, 0.1) is 12.2 Å². The SMILES string of the molecule is CC(C)c1cc(CN=[N+]=[N-])no1. The number of rotatable bonds is 3. The third kappa shape index (κ3) is 2.00. The third-order valence-electron chi connectivity index (χ3n) is 1.44. The zero-order valence-corrected chi connectivity index (χ0v) is 7.06. The smallest absolute Gasteiger partial charge is 0.139 e. The van der Waals surface area contributed by atoms with Crippen molar-refractivity contribution in [2.75, 3.05) is 0 Å². The molecule has 0 aliphatic heterocycles. The molecule has 0 amide bonds. The quantitative estimate of drug-likeness (QED) is 0.393. The summed E-state index contributed by atoms with van der Waals surface area (Å²) >= 11 is 0. The van der Waals surface area contributed by atoms with Crippen LogP contribution in [0.1, 0.15) is 31.2 Å². The molecule has 0 spiro atoms. The average Bonchev–Trinajstić information content (AvgIpc) is 2.48. The maximum absolute atomic E-state index is 8.04. The molecule has 0 radical (unpaired) electrons. The highest BCUT2D eigenvalue weighted by Crippen LogP contribution is 2.15. The third-order valence-corrected chi connectivity index (χ3v) is 1.44. The first-order chi connectivity index (χ1) is 5.74. The Bertz CT molecular complexity index is 298. The number of aromatic nitrogens is 1. The highest BCUT2D eigenvalue weighted by molar-refractivity contribution is 5.08. The van der Waals surface area contributed by atoms with Crippen molar-refractivity contribution in [3.63, 3.8) is 0 Å². The van der Waals surface area contributed by atoms with Crippen molar-refractivity contribution >= 4 is 0 Å². The Kier molecular flexibility index (Phi) is 2.71. The van der Waals surface area contributed by atoms with E-state index >= 15 is 0 Å². The minimum Gasteiger partial charge on any atom is -0.361 e. The molecule has 5 heteroatoms. The Hall–Kier alpha value is -1.48. The minimum atomic E-state index is 0.257. The van der Waals surface area contributed by atoms with Crippen LogP contribution in [-0.2, 0) is 6.54 Å². The van der Waals surface area contributed by atoms with Gasteiger partial charge in [0.15, 0.2) is 0 Å². The summed E-state index contributed by atoms with van der Waals surface area (Å²) < 4.78 is 4.99. The lowest BCUT2D eigenvalue weighted by molar-refractivity contribution is 0.366. The Labute approximate surface area is 70.0 Å². The van der Waals surface area contributed by atoms with Gasteiger partial charge in [-0.15, -0.1) is 0 Å². The molecular weight excluding hydrogens is 156 g/mol. The van der Waals surface area contributed by atoms with E-state index < -0.39 is 0 Å². The van der Waals surface area contributed by atoms with Gasteiger partial charge in [0.1, 0.15) is 5.76 Å². The molecular formula is C7H10N4O. The summed E-state index contributed by atoms with van der Waals surface area (Å²) in [4.78, 5) is 2.63. The number of hydrogen-bond donors (Lipinski definition) is 0. The molecule has 1 heterocycles. The second kappa shape index (κ2) is 3.78. The average molecular weight is 166 g/mol. The minimum absolute atomic E-state index is 0.257. The largest absolute Gasteiger partial charge is 0.361 e. The summed E-state index contributed by atoms with van der Waals surface area (Å²) in [5, 5.41) is 7.11. The van der Waals surface area contributed by atoms with Crippen LogP contribution >= 0.6 is 0 Å². The Morgan fingerprint density at radius 1 is 1.75 bits per heavy atom. The predicted molar refractivity (Wildman–Crippen MR) is 43.4 cm³/mol. The maximum Gasteiger partial charge on any atom is 0.139 e. The van der Waals surface area contributed by atoms with Gasteiger partial charge in [-0.1, -0.05) is 24.1 Å². The van der Waals surface area contributed by atoms with Crippen LogP contribution in [0, 0.1) is 0 Å². The molecule has 0 unspecified atom stereocenters. The molecule has 1 rings (SSSR count).